The van der Waals surface area contributed by atoms with Crippen LogP contribution in [0.25, 0.3) is 11.0 Å². The molecule has 0 unspecified atom stereocenters. The van der Waals surface area contributed by atoms with Crippen molar-refractivity contribution in [2.24, 2.45) is 0 Å². The van der Waals surface area contributed by atoms with Gasteiger partial charge >= 0.3 is 0 Å². The van der Waals surface area contributed by atoms with Crippen molar-refractivity contribution < 1.29 is 23.5 Å². The molecule has 28 heavy (non-hydrogen) atoms. The first-order valence-corrected chi connectivity index (χ1v) is 10.3. The van der Waals surface area contributed by atoms with Gasteiger partial charge in [-0.3, -0.25) is 9.36 Å². The van der Waals surface area contributed by atoms with Gasteiger partial charge in [-0.25, -0.2) is 17.7 Å². The third-order valence-electron chi connectivity index (χ3n) is 4.90. The van der Waals surface area contributed by atoms with Gasteiger partial charge in [0.05, 0.1) is 7.55 Å². The van der Waals surface area contributed by atoms with Gasteiger partial charge in [0.2, 0.25) is 16.0 Å². The minimum Gasteiger partial charge on any atom is -0.351 e. The molecule has 1 saturated carbocycles. The van der Waals surface area contributed by atoms with E-state index in [9.17, 15) is 13.2 Å². The van der Waals surface area contributed by atoms with Crippen LogP contribution in [-0.2, 0) is 10.0 Å². The molecule has 2 aromatic heterocycles. The van der Waals surface area contributed by atoms with Crippen molar-refractivity contribution in [2.75, 3.05) is 24.6 Å². The highest BCUT2D eigenvalue weighted by Gasteiger charge is 2.26. The van der Waals surface area contributed by atoms with Gasteiger partial charge in [-0.05, 0) is 38.5 Å². The van der Waals surface area contributed by atoms with Gasteiger partial charge in [0, 0.05) is 56.0 Å². The maximum atomic E-state index is 13.3. The molecule has 0 atom stereocenters. The summed E-state index contributed by atoms with van der Waals surface area (Å²) in [5.41, 5.74) is -1.17. The third-order valence-corrected chi connectivity index (χ3v) is 5.84. The molecule has 8 nitrogen and oxygen atoms in total. The van der Waals surface area contributed by atoms with E-state index in [1.54, 1.807) is 0 Å². The highest BCUT2D eigenvalue weighted by molar-refractivity contribution is 7.88. The number of hydrogen-bond acceptors (Lipinski definition) is 6. The second kappa shape index (κ2) is 7.44. The maximum Gasteiger partial charge on any atom is 0.255 e. The van der Waals surface area contributed by atoms with Crippen LogP contribution < -0.4 is 10.9 Å². The number of anilines is 1. The van der Waals surface area contributed by atoms with Crippen molar-refractivity contribution >= 4 is 27.0 Å². The Labute approximate surface area is 180 Å². The second-order valence-corrected chi connectivity index (χ2v) is 8.24. The van der Waals surface area contributed by atoms with Crippen molar-refractivity contribution in [3.05, 3.63) is 28.2 Å². The van der Waals surface area contributed by atoms with Crippen LogP contribution in [0.1, 0.15) is 65.1 Å². The topological polar surface area (TPSA) is 97.2 Å². The lowest BCUT2D eigenvalue weighted by Crippen LogP contribution is -2.42. The van der Waals surface area contributed by atoms with E-state index in [0.717, 1.165) is 18.9 Å². The molecule has 0 amide bonds. The van der Waals surface area contributed by atoms with E-state index in [-0.39, 0.29) is 21.4 Å². The predicted octanol–water partition coefficient (Wildman–Crippen LogP) is 2.05. The number of aromatic nitrogens is 3. The van der Waals surface area contributed by atoms with E-state index in [1.165, 1.54) is 10.8 Å². The number of sulfonamides is 1. The van der Waals surface area contributed by atoms with E-state index in [2.05, 4.69) is 15.3 Å². The molecule has 1 N–H and O–H groups in total. The average Bonchev–Trinajstić information content (AvgIpc) is 3.29. The number of fused-ring (bicyclic) bond motifs is 1. The highest BCUT2D eigenvalue weighted by Crippen LogP contribution is 2.30. The van der Waals surface area contributed by atoms with Crippen LogP contribution in [-0.4, -0.2) is 52.5 Å². The van der Waals surface area contributed by atoms with Crippen molar-refractivity contribution in [1.82, 2.24) is 18.8 Å². The van der Waals surface area contributed by atoms with E-state index >= 15 is 0 Å². The van der Waals surface area contributed by atoms with Crippen LogP contribution >= 0.6 is 0 Å². The SMILES string of the molecule is [2H]C([2H])([2H])c1cc2cnc(NC3([2H])C([2H])([2H])CN(S(=O)(=O)C([2H])([2H])[2H])CC3([2H])[2H])nc2n(C2CCCC2)c1=O. The molecule has 4 rings (SSSR count). The molecule has 0 spiro atoms. The summed E-state index contributed by atoms with van der Waals surface area (Å²) < 4.78 is 114. The van der Waals surface area contributed by atoms with Crippen molar-refractivity contribution in [1.29, 1.82) is 0 Å². The van der Waals surface area contributed by atoms with Gasteiger partial charge in [0.1, 0.15) is 5.65 Å². The van der Waals surface area contributed by atoms with Crippen LogP contribution in [0.2, 0.25) is 0 Å². The van der Waals surface area contributed by atoms with E-state index in [0.29, 0.717) is 12.8 Å². The summed E-state index contributed by atoms with van der Waals surface area (Å²) in [5.74, 6) is -0.454. The largest absolute Gasteiger partial charge is 0.351 e. The third kappa shape index (κ3) is 3.77. The maximum absolute atomic E-state index is 13.3. The minimum atomic E-state index is -5.10. The Morgan fingerprint density at radius 3 is 2.75 bits per heavy atom. The Morgan fingerprint density at radius 2 is 2.07 bits per heavy atom. The Balaban J connectivity index is 1.81. The van der Waals surface area contributed by atoms with Gasteiger partial charge in [-0.15, -0.1) is 0 Å². The molecule has 2 fully saturated rings. The smallest absolute Gasteiger partial charge is 0.255 e. The lowest BCUT2D eigenvalue weighted by Gasteiger charge is -2.30. The average molecular weight is 417 g/mol. The Bertz CT molecular complexity index is 1430. The first kappa shape index (κ1) is 10.2. The number of nitrogens with one attached hydrogen (secondary N) is 1. The van der Waals surface area contributed by atoms with Gasteiger partial charge in [0.25, 0.3) is 5.56 Å². The van der Waals surface area contributed by atoms with E-state index < -0.39 is 72.0 Å². The normalized spacial score (nSPS) is 31.5. The predicted molar refractivity (Wildman–Crippen MR) is 109 cm³/mol. The van der Waals surface area contributed by atoms with Crippen LogP contribution in [0, 0.1) is 6.85 Å². The zero-order valence-corrected chi connectivity index (χ0v) is 15.7. The summed E-state index contributed by atoms with van der Waals surface area (Å²) in [6, 6.07) is -2.11. The molecule has 2 aliphatic rings. The number of piperidine rings is 1. The van der Waals surface area contributed by atoms with Crippen molar-refractivity contribution in [3.8, 4) is 0 Å². The number of nitrogens with zero attached hydrogens (tertiary/aromatic N) is 4. The van der Waals surface area contributed by atoms with Crippen molar-refractivity contribution in [2.45, 2.75) is 57.3 Å². The fourth-order valence-corrected chi connectivity index (χ4v) is 3.97. The molecular weight excluding hydrogens is 378 g/mol. The number of pyridine rings is 1. The standard InChI is InChI=1S/C19H27N5O3S/c1-13-11-14-12-20-19(21-15-7-9-23(10-8-15)28(2,26)27)22-17(14)24(18(13)25)16-5-3-4-6-16/h11-12,15-16H,3-10H2,1-2H3,(H,20,21,22)/i1D3,2D3,7D2,8D2,15D. The first-order valence-electron chi connectivity index (χ1n) is 14.3. The molecule has 1 saturated heterocycles. The van der Waals surface area contributed by atoms with E-state index in [1.807, 2.05) is 0 Å². The molecule has 3 heterocycles. The summed E-state index contributed by atoms with van der Waals surface area (Å²) >= 11 is 0. The molecule has 2 aromatic rings. The van der Waals surface area contributed by atoms with Crippen molar-refractivity contribution in [3.63, 3.8) is 0 Å². The van der Waals surface area contributed by atoms with Crippen LogP contribution in [0.4, 0.5) is 5.95 Å². The quantitative estimate of drug-likeness (QED) is 0.819. The summed E-state index contributed by atoms with van der Waals surface area (Å²) in [6.45, 7) is -4.97. The Kier molecular flexibility index (Phi) is 2.70. The molecule has 9 heteroatoms. The van der Waals surface area contributed by atoms with Gasteiger partial charge in [-0.2, -0.15) is 4.98 Å². The number of aryl methyl sites for hydroxylation is 1. The highest BCUT2D eigenvalue weighted by atomic mass is 32.2. The fraction of sp³-hybridized carbons (Fsp3) is 0.632. The lowest BCUT2D eigenvalue weighted by molar-refractivity contribution is 0.331. The van der Waals surface area contributed by atoms with E-state index in [4.69, 9.17) is 15.1 Å². The van der Waals surface area contributed by atoms with Crippen LogP contribution in [0.3, 0.4) is 0 Å². The molecule has 1 aliphatic heterocycles. The number of hydrogen-bond donors (Lipinski definition) is 1. The summed E-state index contributed by atoms with van der Waals surface area (Å²) in [7, 11) is -5.10. The Morgan fingerprint density at radius 1 is 1.32 bits per heavy atom. The summed E-state index contributed by atoms with van der Waals surface area (Å²) in [5, 5.41) is 2.52. The Hall–Kier alpha value is -2.00. The molecule has 0 aromatic carbocycles. The summed E-state index contributed by atoms with van der Waals surface area (Å²) in [4.78, 5) is 21.5. The molecule has 1 aliphatic carbocycles. The minimum absolute atomic E-state index is 0.0181. The van der Waals surface area contributed by atoms with Crippen LogP contribution in [0.5, 0.6) is 0 Å². The molecule has 152 valence electrons. The molecule has 0 bridgehead atoms. The summed E-state index contributed by atoms with van der Waals surface area (Å²) in [6.07, 6.45) is -5.57. The zero-order valence-electron chi connectivity index (χ0n) is 25.9. The fourth-order valence-electron chi connectivity index (χ4n) is 3.50. The van der Waals surface area contributed by atoms with Gasteiger partial charge in [0.15, 0.2) is 0 Å². The van der Waals surface area contributed by atoms with Crippen LogP contribution in [0.15, 0.2) is 17.1 Å². The first-order chi connectivity index (χ1) is 17.6. The lowest BCUT2D eigenvalue weighted by atomic mass is 10.1. The van der Waals surface area contributed by atoms with Gasteiger partial charge in [-0.1, -0.05) is 12.8 Å². The number of rotatable bonds is 4. The monoisotopic (exact) mass is 416 g/mol. The molecule has 0 radical (unpaired) electrons. The zero-order chi connectivity index (χ0) is 29.4. The molecular formula is C19H27N5O3S. The van der Waals surface area contributed by atoms with Gasteiger partial charge < -0.3 is 5.32 Å². The second-order valence-electron chi connectivity index (χ2n) is 6.77.